The van der Waals surface area contributed by atoms with Crippen LogP contribution in [0.2, 0.25) is 0 Å². The van der Waals surface area contributed by atoms with E-state index in [1.807, 2.05) is 25.2 Å². The fraction of sp³-hybridized carbons (Fsp3) is 0.400. The van der Waals surface area contributed by atoms with Crippen LogP contribution in [0.4, 0.5) is 0 Å². The molecule has 5 heteroatoms. The van der Waals surface area contributed by atoms with E-state index in [0.717, 1.165) is 28.0 Å². The summed E-state index contributed by atoms with van der Waals surface area (Å²) >= 11 is 0. The lowest BCUT2D eigenvalue weighted by Crippen LogP contribution is -2.26. The molecule has 2 aromatic heterocycles. The number of pyridine rings is 1. The van der Waals surface area contributed by atoms with E-state index in [2.05, 4.69) is 9.97 Å². The summed E-state index contributed by atoms with van der Waals surface area (Å²) in [5, 5.41) is 11.1. The molecule has 0 amide bonds. The van der Waals surface area contributed by atoms with Gasteiger partial charge in [-0.1, -0.05) is 12.8 Å². The molecule has 4 nitrogen and oxygen atoms in total. The van der Waals surface area contributed by atoms with Gasteiger partial charge in [0.15, 0.2) is 0 Å². The van der Waals surface area contributed by atoms with Crippen LogP contribution in [0.1, 0.15) is 36.9 Å². The van der Waals surface area contributed by atoms with Gasteiger partial charge in [0, 0.05) is 17.1 Å². The number of aryl methyl sites for hydroxylation is 1. The monoisotopic (exact) mass is 268 g/mol. The van der Waals surface area contributed by atoms with E-state index in [1.54, 1.807) is 0 Å². The van der Waals surface area contributed by atoms with Crippen LogP contribution in [0.15, 0.2) is 18.2 Å². The Morgan fingerprint density at radius 1 is 1.40 bits per heavy atom. The maximum Gasteiger partial charge on any atom is 0.552 e. The van der Waals surface area contributed by atoms with Gasteiger partial charge >= 0.3 is 7.12 Å². The molecule has 102 valence electrons. The molecule has 2 N–H and O–H groups in total. The highest BCUT2D eigenvalue weighted by atomic mass is 16.5. The minimum absolute atomic E-state index is 0.534. The first kappa shape index (κ1) is 12.0. The van der Waals surface area contributed by atoms with Crippen molar-refractivity contribution in [1.29, 1.82) is 0 Å². The standard InChI is InChI=1S/C15H17BN2O2/c1-9-14-13(11-6-7-17-15(11)18-9)12(8-16(19)20-14)10-4-2-3-5-10/h6-8,10,19H,2-5H2,1H3,(H,17,18). The van der Waals surface area contributed by atoms with Crippen LogP contribution in [0.5, 0.6) is 5.75 Å². The number of H-pyrrole nitrogens is 1. The van der Waals surface area contributed by atoms with Gasteiger partial charge in [0.1, 0.15) is 11.4 Å². The van der Waals surface area contributed by atoms with E-state index < -0.39 is 7.12 Å². The van der Waals surface area contributed by atoms with Crippen molar-refractivity contribution in [2.75, 3.05) is 0 Å². The molecule has 4 rings (SSSR count). The SMILES string of the molecule is Cc1nc2[nH]ccc2c2c1OB(O)C=C2C1CCCC1. The summed E-state index contributed by atoms with van der Waals surface area (Å²) in [5.74, 6) is 3.16. The zero-order valence-electron chi connectivity index (χ0n) is 11.5. The summed E-state index contributed by atoms with van der Waals surface area (Å²) in [5.41, 5.74) is 4.10. The fourth-order valence-electron chi connectivity index (χ4n) is 3.58. The third-order valence-corrected chi connectivity index (χ3v) is 4.47. The average Bonchev–Trinajstić information content (AvgIpc) is 3.07. The summed E-state index contributed by atoms with van der Waals surface area (Å²) in [6.07, 6.45) is 6.86. The zero-order chi connectivity index (χ0) is 13.7. The predicted molar refractivity (Wildman–Crippen MR) is 79.4 cm³/mol. The second kappa shape index (κ2) is 4.38. The van der Waals surface area contributed by atoms with Gasteiger partial charge in [0.05, 0.1) is 5.69 Å². The van der Waals surface area contributed by atoms with E-state index in [4.69, 9.17) is 4.65 Å². The van der Waals surface area contributed by atoms with E-state index in [1.165, 1.54) is 31.3 Å². The molecule has 0 aromatic carbocycles. The number of aromatic amines is 1. The topological polar surface area (TPSA) is 58.1 Å². The van der Waals surface area contributed by atoms with E-state index in [-0.39, 0.29) is 0 Å². The molecule has 1 aliphatic carbocycles. The number of nitrogens with one attached hydrogen (secondary N) is 1. The zero-order valence-corrected chi connectivity index (χ0v) is 11.5. The van der Waals surface area contributed by atoms with E-state index >= 15 is 0 Å². The number of allylic oxidation sites excluding steroid dienone is 1. The number of hydrogen-bond donors (Lipinski definition) is 2. The largest absolute Gasteiger partial charge is 0.552 e. The molecule has 1 aliphatic heterocycles. The normalized spacial score (nSPS) is 19.1. The van der Waals surface area contributed by atoms with Crippen molar-refractivity contribution in [1.82, 2.24) is 9.97 Å². The fourth-order valence-corrected chi connectivity index (χ4v) is 3.58. The van der Waals surface area contributed by atoms with Crippen molar-refractivity contribution >= 4 is 23.7 Å². The first-order chi connectivity index (χ1) is 9.74. The van der Waals surface area contributed by atoms with Crippen LogP contribution in [0.25, 0.3) is 16.6 Å². The molecule has 0 radical (unpaired) electrons. The molecule has 0 atom stereocenters. The van der Waals surface area contributed by atoms with E-state index in [0.29, 0.717) is 5.92 Å². The summed E-state index contributed by atoms with van der Waals surface area (Å²) in [7, 11) is -0.852. The maximum absolute atomic E-state index is 10.00. The highest BCUT2D eigenvalue weighted by molar-refractivity contribution is 6.52. The Morgan fingerprint density at radius 3 is 3.00 bits per heavy atom. The second-order valence-electron chi connectivity index (χ2n) is 5.75. The Kier molecular flexibility index (Phi) is 2.64. The van der Waals surface area contributed by atoms with Crippen molar-refractivity contribution in [2.45, 2.75) is 32.6 Å². The lowest BCUT2D eigenvalue weighted by atomic mass is 9.76. The van der Waals surface area contributed by atoms with Crippen LogP contribution in [-0.4, -0.2) is 22.1 Å². The third-order valence-electron chi connectivity index (χ3n) is 4.47. The molecule has 2 aliphatic rings. The summed E-state index contributed by atoms with van der Waals surface area (Å²) in [6.45, 7) is 1.93. The minimum atomic E-state index is -0.852. The molecule has 0 spiro atoms. The lowest BCUT2D eigenvalue weighted by molar-refractivity contribution is 0.423. The summed E-state index contributed by atoms with van der Waals surface area (Å²) < 4.78 is 5.63. The molecule has 0 bridgehead atoms. The second-order valence-corrected chi connectivity index (χ2v) is 5.75. The number of hydrogen-bond acceptors (Lipinski definition) is 3. The first-order valence-electron chi connectivity index (χ1n) is 7.28. The van der Waals surface area contributed by atoms with Gasteiger partial charge in [0.25, 0.3) is 0 Å². The van der Waals surface area contributed by atoms with Crippen molar-refractivity contribution in [2.24, 2.45) is 5.92 Å². The molecule has 0 saturated heterocycles. The first-order valence-corrected chi connectivity index (χ1v) is 7.28. The molecule has 20 heavy (non-hydrogen) atoms. The van der Waals surface area contributed by atoms with Crippen molar-refractivity contribution in [3.05, 3.63) is 29.5 Å². The lowest BCUT2D eigenvalue weighted by Gasteiger charge is -2.26. The van der Waals surface area contributed by atoms with Gasteiger partial charge in [-0.05, 0) is 43.3 Å². The van der Waals surface area contributed by atoms with Crippen LogP contribution >= 0.6 is 0 Å². The number of fused-ring (bicyclic) bond motifs is 3. The summed E-state index contributed by atoms with van der Waals surface area (Å²) in [6, 6.07) is 2.05. The Labute approximate surface area is 118 Å². The Bertz CT molecular complexity index is 701. The molecule has 3 heterocycles. The molecule has 1 fully saturated rings. The average molecular weight is 268 g/mol. The van der Waals surface area contributed by atoms with Gasteiger partial charge in [0.2, 0.25) is 0 Å². The van der Waals surface area contributed by atoms with Gasteiger partial charge < -0.3 is 14.7 Å². The van der Waals surface area contributed by atoms with Gasteiger partial charge in [-0.3, -0.25) is 0 Å². The van der Waals surface area contributed by atoms with Gasteiger partial charge in [-0.15, -0.1) is 0 Å². The third kappa shape index (κ3) is 1.69. The smallest absolute Gasteiger partial charge is 0.531 e. The minimum Gasteiger partial charge on any atom is -0.531 e. The predicted octanol–water partition coefficient (Wildman–Crippen LogP) is 2.86. The quantitative estimate of drug-likeness (QED) is 0.782. The number of aromatic nitrogens is 2. The summed E-state index contributed by atoms with van der Waals surface area (Å²) in [4.78, 5) is 7.70. The molecule has 0 unspecified atom stereocenters. The molecule has 1 saturated carbocycles. The molecule has 2 aromatic rings. The van der Waals surface area contributed by atoms with Crippen LogP contribution < -0.4 is 4.65 Å². The van der Waals surface area contributed by atoms with Crippen molar-refractivity contribution < 1.29 is 9.68 Å². The number of nitrogens with zero attached hydrogens (tertiary/aromatic N) is 1. The van der Waals surface area contributed by atoms with Gasteiger partial charge in [-0.25, -0.2) is 4.98 Å². The maximum atomic E-state index is 10.00. The van der Waals surface area contributed by atoms with Crippen LogP contribution in [0.3, 0.4) is 0 Å². The van der Waals surface area contributed by atoms with Crippen molar-refractivity contribution in [3.8, 4) is 5.75 Å². The van der Waals surface area contributed by atoms with Gasteiger partial charge in [-0.2, -0.15) is 0 Å². The highest BCUT2D eigenvalue weighted by Crippen LogP contribution is 2.45. The van der Waals surface area contributed by atoms with Crippen LogP contribution in [0, 0.1) is 12.8 Å². The van der Waals surface area contributed by atoms with Crippen LogP contribution in [-0.2, 0) is 0 Å². The number of rotatable bonds is 1. The highest BCUT2D eigenvalue weighted by Gasteiger charge is 2.32. The Morgan fingerprint density at radius 2 is 2.20 bits per heavy atom. The van der Waals surface area contributed by atoms with Crippen molar-refractivity contribution in [3.63, 3.8) is 0 Å². The molecular weight excluding hydrogens is 251 g/mol. The Hall–Kier alpha value is -1.75. The Balaban J connectivity index is 1.98. The molecular formula is C15H17BN2O2. The van der Waals surface area contributed by atoms with E-state index in [9.17, 15) is 5.02 Å².